The fourth-order valence-electron chi connectivity index (χ4n) is 5.65. The van der Waals surface area contributed by atoms with Gasteiger partial charge in [-0.15, -0.1) is 0 Å². The topological polar surface area (TPSA) is 102 Å². The molecule has 0 aromatic rings. The van der Waals surface area contributed by atoms with Crippen molar-refractivity contribution >= 4 is 11.9 Å². The first-order chi connectivity index (χ1) is 21.0. The first-order valence-electron chi connectivity index (χ1n) is 18.0. The summed E-state index contributed by atoms with van der Waals surface area (Å²) in [5.41, 5.74) is 0. The van der Waals surface area contributed by atoms with Crippen LogP contribution in [0.1, 0.15) is 168 Å². The lowest BCUT2D eigenvalue weighted by Crippen LogP contribution is -2.45. The molecule has 7 heteroatoms. The average molecular weight is 611 g/mol. The molecule has 0 radical (unpaired) electrons. The van der Waals surface area contributed by atoms with Crippen LogP contribution in [0.25, 0.3) is 0 Å². The number of carbonyl (C=O) groups is 2. The number of hydrogen-bond acceptors (Lipinski definition) is 7. The third kappa shape index (κ3) is 21.0. The van der Waals surface area contributed by atoms with Gasteiger partial charge < -0.3 is 24.4 Å². The molecule has 1 heterocycles. The first-order valence-corrected chi connectivity index (χ1v) is 18.0. The van der Waals surface area contributed by atoms with E-state index in [2.05, 4.69) is 26.0 Å². The number of unbranched alkanes of at least 4 members (excludes halogenated alkanes) is 19. The van der Waals surface area contributed by atoms with Crippen LogP contribution >= 0.6 is 0 Å². The van der Waals surface area contributed by atoms with Crippen molar-refractivity contribution in [1.29, 1.82) is 0 Å². The highest BCUT2D eigenvalue weighted by Gasteiger charge is 2.45. The van der Waals surface area contributed by atoms with Gasteiger partial charge in [0.15, 0.2) is 12.2 Å². The van der Waals surface area contributed by atoms with Crippen LogP contribution in [0.15, 0.2) is 12.2 Å². The molecular weight excluding hydrogens is 544 g/mol. The highest BCUT2D eigenvalue weighted by atomic mass is 16.6. The molecule has 1 saturated heterocycles. The zero-order chi connectivity index (χ0) is 31.4. The lowest BCUT2D eigenvalue weighted by molar-refractivity contribution is -0.171. The third-order valence-electron chi connectivity index (χ3n) is 8.39. The maximum absolute atomic E-state index is 12.4. The zero-order valence-corrected chi connectivity index (χ0v) is 27.8. The van der Waals surface area contributed by atoms with Crippen molar-refractivity contribution in [2.45, 2.75) is 192 Å². The molecule has 0 spiro atoms. The van der Waals surface area contributed by atoms with E-state index in [1.54, 1.807) is 0 Å². The Balaban J connectivity index is 2.16. The van der Waals surface area contributed by atoms with Crippen LogP contribution in [-0.2, 0) is 23.8 Å². The van der Waals surface area contributed by atoms with E-state index in [1.807, 2.05) is 0 Å². The SMILES string of the molecule is CCCCCCCCC=CCCCCCCCC(=O)O[C@H](CO)[C@H]1OC[C@H](O)[C@H]1OC(=O)CCCCCCCCCCC. The Bertz CT molecular complexity index is 695. The summed E-state index contributed by atoms with van der Waals surface area (Å²) in [6.45, 7) is 3.99. The minimum absolute atomic E-state index is 0.0249. The van der Waals surface area contributed by atoms with Gasteiger partial charge >= 0.3 is 11.9 Å². The molecule has 1 rings (SSSR count). The molecule has 1 aliphatic rings. The molecule has 0 amide bonds. The van der Waals surface area contributed by atoms with E-state index < -0.39 is 37.0 Å². The van der Waals surface area contributed by atoms with Crippen LogP contribution in [0.3, 0.4) is 0 Å². The van der Waals surface area contributed by atoms with Gasteiger partial charge in [-0.3, -0.25) is 9.59 Å². The molecule has 0 aromatic heterocycles. The van der Waals surface area contributed by atoms with Gasteiger partial charge in [-0.05, 0) is 38.5 Å². The molecule has 4 atom stereocenters. The molecule has 0 saturated carbocycles. The van der Waals surface area contributed by atoms with Gasteiger partial charge in [0, 0.05) is 12.8 Å². The number of ether oxygens (including phenoxy) is 3. The highest BCUT2D eigenvalue weighted by molar-refractivity contribution is 5.70. The minimum Gasteiger partial charge on any atom is -0.457 e. The summed E-state index contributed by atoms with van der Waals surface area (Å²) < 4.78 is 16.6. The minimum atomic E-state index is -1.00. The third-order valence-corrected chi connectivity index (χ3v) is 8.39. The van der Waals surface area contributed by atoms with Crippen LogP contribution in [-0.4, -0.2) is 59.8 Å². The molecule has 1 fully saturated rings. The second kappa shape index (κ2) is 28.1. The summed E-state index contributed by atoms with van der Waals surface area (Å²) >= 11 is 0. The van der Waals surface area contributed by atoms with Gasteiger partial charge in [0.2, 0.25) is 0 Å². The van der Waals surface area contributed by atoms with Crippen LogP contribution in [0, 0.1) is 0 Å². The molecule has 252 valence electrons. The van der Waals surface area contributed by atoms with Crippen molar-refractivity contribution < 1.29 is 34.0 Å². The van der Waals surface area contributed by atoms with E-state index in [4.69, 9.17) is 14.2 Å². The van der Waals surface area contributed by atoms with Crippen molar-refractivity contribution in [3.05, 3.63) is 12.2 Å². The Labute approximate surface area is 263 Å². The van der Waals surface area contributed by atoms with Crippen molar-refractivity contribution in [2.75, 3.05) is 13.2 Å². The van der Waals surface area contributed by atoms with Crippen LogP contribution in [0.5, 0.6) is 0 Å². The average Bonchev–Trinajstić information content (AvgIpc) is 3.36. The molecule has 7 nitrogen and oxygen atoms in total. The van der Waals surface area contributed by atoms with Crippen LogP contribution in [0.2, 0.25) is 0 Å². The largest absolute Gasteiger partial charge is 0.457 e. The van der Waals surface area contributed by atoms with Gasteiger partial charge in [-0.2, -0.15) is 0 Å². The quantitative estimate of drug-likeness (QED) is 0.0497. The molecule has 0 bridgehead atoms. The van der Waals surface area contributed by atoms with E-state index in [9.17, 15) is 19.8 Å². The van der Waals surface area contributed by atoms with E-state index in [-0.39, 0.29) is 25.4 Å². The number of rotatable bonds is 29. The number of esters is 2. The van der Waals surface area contributed by atoms with Crippen LogP contribution < -0.4 is 0 Å². The highest BCUT2D eigenvalue weighted by Crippen LogP contribution is 2.24. The van der Waals surface area contributed by atoms with E-state index in [1.165, 1.54) is 89.9 Å². The predicted octanol–water partition coefficient (Wildman–Crippen LogP) is 8.52. The number of aliphatic hydroxyl groups is 2. The van der Waals surface area contributed by atoms with Crippen molar-refractivity contribution in [3.8, 4) is 0 Å². The Kier molecular flexibility index (Phi) is 25.8. The summed E-state index contributed by atoms with van der Waals surface area (Å²) in [7, 11) is 0. The fourth-order valence-corrected chi connectivity index (χ4v) is 5.65. The monoisotopic (exact) mass is 610 g/mol. The Morgan fingerprint density at radius 3 is 1.63 bits per heavy atom. The van der Waals surface area contributed by atoms with Gasteiger partial charge in [0.25, 0.3) is 0 Å². The van der Waals surface area contributed by atoms with Crippen LogP contribution in [0.4, 0.5) is 0 Å². The zero-order valence-electron chi connectivity index (χ0n) is 27.8. The van der Waals surface area contributed by atoms with E-state index in [0.717, 1.165) is 51.4 Å². The smallest absolute Gasteiger partial charge is 0.306 e. The molecule has 0 unspecified atom stereocenters. The summed E-state index contributed by atoms with van der Waals surface area (Å²) in [4.78, 5) is 24.9. The second-order valence-corrected chi connectivity index (χ2v) is 12.4. The normalized spacial score (nSPS) is 19.2. The Morgan fingerprint density at radius 2 is 1.14 bits per heavy atom. The van der Waals surface area contributed by atoms with Crippen molar-refractivity contribution in [3.63, 3.8) is 0 Å². The molecule has 1 aliphatic heterocycles. The summed E-state index contributed by atoms with van der Waals surface area (Å²) in [5.74, 6) is -0.791. The summed E-state index contributed by atoms with van der Waals surface area (Å²) in [5, 5.41) is 20.2. The number of aliphatic hydroxyl groups excluding tert-OH is 2. The predicted molar refractivity (Wildman–Crippen MR) is 174 cm³/mol. The maximum atomic E-state index is 12.4. The lowest BCUT2D eigenvalue weighted by Gasteiger charge is -2.27. The Morgan fingerprint density at radius 1 is 0.698 bits per heavy atom. The molecule has 0 aliphatic carbocycles. The van der Waals surface area contributed by atoms with Gasteiger partial charge in [-0.25, -0.2) is 0 Å². The molecule has 2 N–H and O–H groups in total. The fraction of sp³-hybridized carbons (Fsp3) is 0.889. The standard InChI is InChI=1S/C36H66O7/c1-3-5-7-9-11-13-14-15-16-17-18-20-22-23-25-27-33(39)42-32(29-37)36-35(31(38)30-41-36)43-34(40)28-26-24-21-19-12-10-8-6-4-2/h15-16,31-32,35-38H,3-14,17-30H2,1-2H3/t31-,32+,35+,36+/m0/s1. The number of hydrogen-bond donors (Lipinski definition) is 2. The summed E-state index contributed by atoms with van der Waals surface area (Å²) in [6, 6.07) is 0. The van der Waals surface area contributed by atoms with E-state index >= 15 is 0 Å². The molecule has 0 aromatic carbocycles. The first kappa shape index (κ1) is 39.6. The van der Waals surface area contributed by atoms with E-state index in [0.29, 0.717) is 0 Å². The maximum Gasteiger partial charge on any atom is 0.306 e. The number of carbonyl (C=O) groups excluding carboxylic acids is 2. The number of allylic oxidation sites excluding steroid dienone is 2. The molecule has 43 heavy (non-hydrogen) atoms. The second-order valence-electron chi connectivity index (χ2n) is 12.4. The summed E-state index contributed by atoms with van der Waals surface area (Å²) in [6.07, 6.45) is 27.2. The Hall–Kier alpha value is -1.44. The van der Waals surface area contributed by atoms with Gasteiger partial charge in [0.1, 0.15) is 12.2 Å². The lowest BCUT2D eigenvalue weighted by atomic mass is 10.1. The van der Waals surface area contributed by atoms with Gasteiger partial charge in [0.05, 0.1) is 13.2 Å². The van der Waals surface area contributed by atoms with Crippen molar-refractivity contribution in [1.82, 2.24) is 0 Å². The molecular formula is C36H66O7. The van der Waals surface area contributed by atoms with Crippen molar-refractivity contribution in [2.24, 2.45) is 0 Å². The van der Waals surface area contributed by atoms with Gasteiger partial charge in [-0.1, -0.05) is 129 Å².